The Morgan fingerprint density at radius 2 is 1.65 bits per heavy atom. The molecule has 0 saturated heterocycles. The molecule has 182 valence electrons. The number of nitrogens with one attached hydrogen (secondary N) is 2. The summed E-state index contributed by atoms with van der Waals surface area (Å²) in [5.41, 5.74) is 2.82. The summed E-state index contributed by atoms with van der Waals surface area (Å²) in [5.74, 6) is -1.92. The van der Waals surface area contributed by atoms with Gasteiger partial charge in [0.2, 0.25) is 5.91 Å². The van der Waals surface area contributed by atoms with Crippen LogP contribution in [0.15, 0.2) is 48.5 Å². The van der Waals surface area contributed by atoms with Crippen LogP contribution in [-0.2, 0) is 19.1 Å². The summed E-state index contributed by atoms with van der Waals surface area (Å²) in [6.07, 6.45) is 1.12. The van der Waals surface area contributed by atoms with Crippen LogP contribution in [0.4, 0.5) is 4.79 Å². The van der Waals surface area contributed by atoms with Gasteiger partial charge < -0.3 is 25.2 Å². The quantitative estimate of drug-likeness (QED) is 0.464. The molecule has 0 spiro atoms. The van der Waals surface area contributed by atoms with Gasteiger partial charge in [-0.25, -0.2) is 9.59 Å². The van der Waals surface area contributed by atoms with Crippen LogP contribution in [0, 0.1) is 0 Å². The van der Waals surface area contributed by atoms with E-state index in [4.69, 9.17) is 9.47 Å². The van der Waals surface area contributed by atoms with Crippen molar-refractivity contribution in [2.75, 3.05) is 20.3 Å². The lowest BCUT2D eigenvalue weighted by molar-refractivity contribution is -0.149. The van der Waals surface area contributed by atoms with Crippen molar-refractivity contribution in [2.24, 2.45) is 0 Å². The van der Waals surface area contributed by atoms with Gasteiger partial charge in [-0.1, -0.05) is 68.3 Å². The molecule has 1 aliphatic rings. The number of hydrogen-bond acceptors (Lipinski definition) is 5. The van der Waals surface area contributed by atoms with E-state index in [1.54, 1.807) is 0 Å². The molecule has 2 aromatic rings. The highest BCUT2D eigenvalue weighted by Gasteiger charge is 2.37. The molecule has 0 aromatic heterocycles. The molecule has 0 fully saturated rings. The summed E-state index contributed by atoms with van der Waals surface area (Å²) >= 11 is 0. The Labute approximate surface area is 199 Å². The lowest BCUT2D eigenvalue weighted by Gasteiger charge is -2.28. The fourth-order valence-corrected chi connectivity index (χ4v) is 4.26. The first-order chi connectivity index (χ1) is 16.3. The topological polar surface area (TPSA) is 114 Å². The van der Waals surface area contributed by atoms with Crippen molar-refractivity contribution in [1.29, 1.82) is 0 Å². The fraction of sp³-hybridized carbons (Fsp3) is 0.423. The molecule has 8 heteroatoms. The van der Waals surface area contributed by atoms with Crippen LogP contribution in [0.5, 0.6) is 0 Å². The molecule has 2 atom stereocenters. The average Bonchev–Trinajstić information content (AvgIpc) is 3.14. The van der Waals surface area contributed by atoms with Crippen LogP contribution in [0.1, 0.15) is 50.2 Å². The highest BCUT2D eigenvalue weighted by Crippen LogP contribution is 2.44. The molecule has 0 radical (unpaired) electrons. The second-order valence-corrected chi connectivity index (χ2v) is 8.72. The van der Waals surface area contributed by atoms with Gasteiger partial charge in [0.05, 0.1) is 6.61 Å². The first kappa shape index (κ1) is 25.2. The maximum absolute atomic E-state index is 12.9. The Morgan fingerprint density at radius 1 is 1.06 bits per heavy atom. The number of amides is 2. The lowest BCUT2D eigenvalue weighted by Crippen LogP contribution is -2.60. The third-order valence-electron chi connectivity index (χ3n) is 6.10. The fourth-order valence-electron chi connectivity index (χ4n) is 4.26. The summed E-state index contributed by atoms with van der Waals surface area (Å²) in [5, 5.41) is 14.6. The summed E-state index contributed by atoms with van der Waals surface area (Å²) in [4.78, 5) is 37.2. The van der Waals surface area contributed by atoms with E-state index < -0.39 is 29.6 Å². The second-order valence-electron chi connectivity index (χ2n) is 8.72. The third-order valence-corrected chi connectivity index (χ3v) is 6.10. The maximum atomic E-state index is 12.9. The molecule has 3 rings (SSSR count). The number of unbranched alkanes of at least 4 members (excludes halogenated alkanes) is 1. The van der Waals surface area contributed by atoms with E-state index in [1.165, 1.54) is 14.0 Å². The van der Waals surface area contributed by atoms with Crippen LogP contribution in [0.3, 0.4) is 0 Å². The second kappa shape index (κ2) is 11.2. The molecule has 8 nitrogen and oxygen atoms in total. The highest BCUT2D eigenvalue weighted by molar-refractivity contribution is 5.91. The van der Waals surface area contributed by atoms with Gasteiger partial charge >= 0.3 is 12.1 Å². The van der Waals surface area contributed by atoms with Crippen molar-refractivity contribution >= 4 is 18.0 Å². The number of carbonyl (C=O) groups excluding carboxylic acids is 2. The number of fused-ring (bicyclic) bond motifs is 3. The van der Waals surface area contributed by atoms with Crippen molar-refractivity contribution in [1.82, 2.24) is 10.6 Å². The third kappa shape index (κ3) is 5.56. The number of methoxy groups -OCH3 is 1. The summed E-state index contributed by atoms with van der Waals surface area (Å²) in [7, 11) is 1.36. The van der Waals surface area contributed by atoms with E-state index in [9.17, 15) is 19.5 Å². The van der Waals surface area contributed by atoms with Gasteiger partial charge in [-0.2, -0.15) is 0 Å². The SMILES string of the molecule is CCCCC(NC(=O)OCC1c2ccccc2-c2ccccc21)C(=O)NC(C)(COC)C(=O)O. The monoisotopic (exact) mass is 468 g/mol. The summed E-state index contributed by atoms with van der Waals surface area (Å²) in [6, 6.07) is 15.1. The summed E-state index contributed by atoms with van der Waals surface area (Å²) in [6.45, 7) is 3.24. The summed E-state index contributed by atoms with van der Waals surface area (Å²) < 4.78 is 10.5. The van der Waals surface area contributed by atoms with E-state index in [2.05, 4.69) is 22.8 Å². The van der Waals surface area contributed by atoms with Crippen molar-refractivity contribution in [3.63, 3.8) is 0 Å². The van der Waals surface area contributed by atoms with Crippen LogP contribution in [0.2, 0.25) is 0 Å². The van der Waals surface area contributed by atoms with Gasteiger partial charge in [0.1, 0.15) is 12.6 Å². The van der Waals surface area contributed by atoms with Crippen LogP contribution in [-0.4, -0.2) is 55.0 Å². The number of benzene rings is 2. The van der Waals surface area contributed by atoms with Gasteiger partial charge in [0.15, 0.2) is 5.54 Å². The Bertz CT molecular complexity index is 994. The minimum absolute atomic E-state index is 0.0990. The normalized spacial score (nSPS) is 14.9. The molecule has 2 unspecified atom stereocenters. The molecule has 2 aromatic carbocycles. The van der Waals surface area contributed by atoms with E-state index in [0.717, 1.165) is 28.7 Å². The van der Waals surface area contributed by atoms with Gasteiger partial charge in [0.25, 0.3) is 0 Å². The van der Waals surface area contributed by atoms with Crippen LogP contribution < -0.4 is 10.6 Å². The lowest BCUT2D eigenvalue weighted by atomic mass is 9.98. The molecule has 2 amide bonds. The Balaban J connectivity index is 1.67. The van der Waals surface area contributed by atoms with Crippen LogP contribution >= 0.6 is 0 Å². The number of hydrogen-bond donors (Lipinski definition) is 3. The van der Waals surface area contributed by atoms with E-state index in [-0.39, 0.29) is 19.1 Å². The number of ether oxygens (including phenoxy) is 2. The zero-order valence-electron chi connectivity index (χ0n) is 19.8. The van der Waals surface area contributed by atoms with Gasteiger partial charge in [0, 0.05) is 13.0 Å². The number of rotatable bonds is 11. The molecular formula is C26H32N2O6. The molecule has 1 aliphatic carbocycles. The predicted molar refractivity (Wildman–Crippen MR) is 128 cm³/mol. The Kier molecular flexibility index (Phi) is 8.28. The number of carbonyl (C=O) groups is 3. The number of alkyl carbamates (subject to hydrolysis) is 1. The van der Waals surface area contributed by atoms with E-state index in [0.29, 0.717) is 12.8 Å². The van der Waals surface area contributed by atoms with Crippen molar-refractivity contribution in [3.8, 4) is 11.1 Å². The number of aliphatic carboxylic acids is 1. The van der Waals surface area contributed by atoms with Crippen molar-refractivity contribution in [3.05, 3.63) is 59.7 Å². The molecule has 0 heterocycles. The first-order valence-electron chi connectivity index (χ1n) is 11.5. The molecule has 0 bridgehead atoms. The zero-order valence-corrected chi connectivity index (χ0v) is 19.8. The van der Waals surface area contributed by atoms with Crippen molar-refractivity contribution in [2.45, 2.75) is 50.6 Å². The molecule has 0 aliphatic heterocycles. The Hall–Kier alpha value is -3.39. The van der Waals surface area contributed by atoms with E-state index in [1.807, 2.05) is 43.3 Å². The van der Waals surface area contributed by atoms with Gasteiger partial charge in [-0.3, -0.25) is 4.79 Å². The Morgan fingerprint density at radius 3 is 2.18 bits per heavy atom. The molecular weight excluding hydrogens is 436 g/mol. The van der Waals surface area contributed by atoms with Gasteiger partial charge in [-0.15, -0.1) is 0 Å². The van der Waals surface area contributed by atoms with E-state index >= 15 is 0 Å². The minimum atomic E-state index is -1.61. The largest absolute Gasteiger partial charge is 0.479 e. The van der Waals surface area contributed by atoms with Crippen molar-refractivity contribution < 1.29 is 29.0 Å². The number of carboxylic acid groups (broad SMARTS) is 1. The van der Waals surface area contributed by atoms with Crippen LogP contribution in [0.25, 0.3) is 11.1 Å². The average molecular weight is 469 g/mol. The molecule has 0 saturated carbocycles. The highest BCUT2D eigenvalue weighted by atomic mass is 16.5. The first-order valence-corrected chi connectivity index (χ1v) is 11.5. The standard InChI is InChI=1S/C26H32N2O6/c1-4-5-14-22(23(29)28-26(2,16-33-3)24(30)31)27-25(32)34-15-21-19-12-8-6-10-17(19)18-11-7-9-13-20(18)21/h6-13,21-22H,4-5,14-16H2,1-3H3,(H,27,32)(H,28,29)(H,30,31). The molecule has 3 N–H and O–H groups in total. The maximum Gasteiger partial charge on any atom is 0.407 e. The zero-order chi connectivity index (χ0) is 24.7. The predicted octanol–water partition coefficient (Wildman–Crippen LogP) is 3.69. The smallest absolute Gasteiger partial charge is 0.407 e. The minimum Gasteiger partial charge on any atom is -0.479 e. The number of carboxylic acids is 1. The van der Waals surface area contributed by atoms with Gasteiger partial charge in [-0.05, 0) is 35.6 Å². The molecule has 34 heavy (non-hydrogen) atoms.